The summed E-state index contributed by atoms with van der Waals surface area (Å²) in [7, 11) is -2.17. The Kier molecular flexibility index (Phi) is 5.24. The molecule has 1 N–H and O–H groups in total. The van der Waals surface area contributed by atoms with E-state index in [2.05, 4.69) is 5.32 Å². The summed E-state index contributed by atoms with van der Waals surface area (Å²) in [6, 6.07) is 12.2. The predicted octanol–water partition coefficient (Wildman–Crippen LogP) is 1.70. The first-order chi connectivity index (χ1) is 12.4. The lowest BCUT2D eigenvalue weighted by atomic mass is 10.2. The van der Waals surface area contributed by atoms with E-state index in [1.54, 1.807) is 24.3 Å². The maximum Gasteiger partial charge on any atom is 0.251 e. The van der Waals surface area contributed by atoms with Crippen molar-refractivity contribution in [3.05, 3.63) is 59.9 Å². The SMILES string of the molecule is CNC(=O)c1cccc(S(=O)(=O)N2CCN(c3ccc(F)cc3)CC2)c1. The number of nitrogens with one attached hydrogen (secondary N) is 1. The van der Waals surface area contributed by atoms with Crippen molar-refractivity contribution in [3.8, 4) is 0 Å². The fourth-order valence-corrected chi connectivity index (χ4v) is 4.40. The molecule has 1 fully saturated rings. The minimum atomic E-state index is -3.67. The van der Waals surface area contributed by atoms with Crippen LogP contribution in [0.3, 0.4) is 0 Å². The van der Waals surface area contributed by atoms with Crippen LogP contribution in [0.2, 0.25) is 0 Å². The summed E-state index contributed by atoms with van der Waals surface area (Å²) in [6.07, 6.45) is 0. The van der Waals surface area contributed by atoms with Crippen LogP contribution in [0.5, 0.6) is 0 Å². The quantitative estimate of drug-likeness (QED) is 0.881. The van der Waals surface area contributed by atoms with Gasteiger partial charge in [-0.2, -0.15) is 4.31 Å². The normalized spacial score (nSPS) is 15.7. The van der Waals surface area contributed by atoms with Gasteiger partial charge in [0.1, 0.15) is 5.82 Å². The van der Waals surface area contributed by atoms with Gasteiger partial charge in [0.2, 0.25) is 10.0 Å². The Labute approximate surface area is 152 Å². The van der Waals surface area contributed by atoms with E-state index in [1.807, 2.05) is 4.90 Å². The van der Waals surface area contributed by atoms with Crippen molar-refractivity contribution < 1.29 is 17.6 Å². The van der Waals surface area contributed by atoms with Gasteiger partial charge in [-0.3, -0.25) is 4.79 Å². The monoisotopic (exact) mass is 377 g/mol. The van der Waals surface area contributed by atoms with Gasteiger partial charge in [-0.25, -0.2) is 12.8 Å². The number of sulfonamides is 1. The minimum absolute atomic E-state index is 0.105. The van der Waals surface area contributed by atoms with Gasteiger partial charge in [-0.05, 0) is 42.5 Å². The van der Waals surface area contributed by atoms with E-state index >= 15 is 0 Å². The van der Waals surface area contributed by atoms with Crippen LogP contribution in [-0.4, -0.2) is 51.9 Å². The first kappa shape index (κ1) is 18.3. The van der Waals surface area contributed by atoms with Crippen molar-refractivity contribution in [1.82, 2.24) is 9.62 Å². The van der Waals surface area contributed by atoms with Crippen LogP contribution >= 0.6 is 0 Å². The van der Waals surface area contributed by atoms with Gasteiger partial charge in [-0.15, -0.1) is 0 Å². The molecule has 0 bridgehead atoms. The number of nitrogens with zero attached hydrogens (tertiary/aromatic N) is 2. The molecule has 0 saturated carbocycles. The van der Waals surface area contributed by atoms with E-state index in [0.29, 0.717) is 31.7 Å². The Bertz CT molecular complexity index is 892. The van der Waals surface area contributed by atoms with Crippen LogP contribution < -0.4 is 10.2 Å². The Balaban J connectivity index is 1.74. The molecule has 1 aliphatic rings. The van der Waals surface area contributed by atoms with Crippen LogP contribution in [-0.2, 0) is 10.0 Å². The average Bonchev–Trinajstić information content (AvgIpc) is 2.68. The number of halogens is 1. The molecule has 0 atom stereocenters. The van der Waals surface area contributed by atoms with E-state index in [4.69, 9.17) is 0 Å². The highest BCUT2D eigenvalue weighted by atomic mass is 32.2. The molecule has 2 aromatic rings. The molecule has 26 heavy (non-hydrogen) atoms. The number of anilines is 1. The molecule has 1 aliphatic heterocycles. The molecule has 3 rings (SSSR count). The number of hydrogen-bond donors (Lipinski definition) is 1. The minimum Gasteiger partial charge on any atom is -0.369 e. The van der Waals surface area contributed by atoms with Gasteiger partial charge in [0, 0.05) is 44.5 Å². The standard InChI is InChI=1S/C18H20FN3O3S/c1-20-18(23)14-3-2-4-17(13-14)26(24,25)22-11-9-21(10-12-22)16-7-5-15(19)6-8-16/h2-8,13H,9-12H2,1H3,(H,20,23). The third kappa shape index (κ3) is 3.71. The summed E-state index contributed by atoms with van der Waals surface area (Å²) in [4.78, 5) is 13.9. The number of carbonyl (C=O) groups is 1. The number of rotatable bonds is 4. The summed E-state index contributed by atoms with van der Waals surface area (Å²) < 4.78 is 40.2. The molecule has 0 radical (unpaired) electrons. The average molecular weight is 377 g/mol. The lowest BCUT2D eigenvalue weighted by Crippen LogP contribution is -2.48. The van der Waals surface area contributed by atoms with Crippen molar-refractivity contribution in [1.29, 1.82) is 0 Å². The Hall–Kier alpha value is -2.45. The van der Waals surface area contributed by atoms with Gasteiger partial charge in [0.05, 0.1) is 4.90 Å². The molecule has 6 nitrogen and oxygen atoms in total. The number of carbonyl (C=O) groups excluding carboxylic acids is 1. The fourth-order valence-electron chi connectivity index (χ4n) is 2.93. The number of hydrogen-bond acceptors (Lipinski definition) is 4. The Morgan fingerprint density at radius 1 is 1.04 bits per heavy atom. The smallest absolute Gasteiger partial charge is 0.251 e. The highest BCUT2D eigenvalue weighted by Gasteiger charge is 2.29. The number of benzene rings is 2. The highest BCUT2D eigenvalue weighted by molar-refractivity contribution is 7.89. The second-order valence-electron chi connectivity index (χ2n) is 5.97. The van der Waals surface area contributed by atoms with Gasteiger partial charge in [-0.1, -0.05) is 6.07 Å². The number of piperazine rings is 1. The van der Waals surface area contributed by atoms with Crippen LogP contribution in [0.4, 0.5) is 10.1 Å². The molecule has 1 heterocycles. The maximum atomic E-state index is 13.0. The molecule has 138 valence electrons. The van der Waals surface area contributed by atoms with Crippen LogP contribution in [0.25, 0.3) is 0 Å². The molecular formula is C18H20FN3O3S. The third-order valence-corrected chi connectivity index (χ3v) is 6.29. The summed E-state index contributed by atoms with van der Waals surface area (Å²) in [5.41, 5.74) is 1.17. The van der Waals surface area contributed by atoms with Crippen LogP contribution in [0.1, 0.15) is 10.4 Å². The molecule has 0 aromatic heterocycles. The lowest BCUT2D eigenvalue weighted by molar-refractivity contribution is 0.0963. The van der Waals surface area contributed by atoms with Crippen molar-refractivity contribution in [2.24, 2.45) is 0 Å². The molecule has 1 saturated heterocycles. The van der Waals surface area contributed by atoms with Crippen LogP contribution in [0.15, 0.2) is 53.4 Å². The topological polar surface area (TPSA) is 69.7 Å². The zero-order valence-corrected chi connectivity index (χ0v) is 15.2. The van der Waals surface area contributed by atoms with Crippen molar-refractivity contribution >= 4 is 21.6 Å². The van der Waals surface area contributed by atoms with Crippen molar-refractivity contribution in [3.63, 3.8) is 0 Å². The fraction of sp³-hybridized carbons (Fsp3) is 0.278. The van der Waals surface area contributed by atoms with E-state index in [-0.39, 0.29) is 16.6 Å². The second-order valence-corrected chi connectivity index (χ2v) is 7.91. The molecule has 0 aliphatic carbocycles. The Morgan fingerprint density at radius 2 is 1.69 bits per heavy atom. The zero-order valence-electron chi connectivity index (χ0n) is 14.4. The predicted molar refractivity (Wildman–Crippen MR) is 97.2 cm³/mol. The molecule has 0 unspecified atom stereocenters. The van der Waals surface area contributed by atoms with Crippen molar-refractivity contribution in [2.75, 3.05) is 38.1 Å². The number of amides is 1. The first-order valence-corrected chi connectivity index (χ1v) is 9.68. The van der Waals surface area contributed by atoms with E-state index in [1.165, 1.54) is 35.6 Å². The largest absolute Gasteiger partial charge is 0.369 e. The summed E-state index contributed by atoms with van der Waals surface area (Å²) >= 11 is 0. The van der Waals surface area contributed by atoms with E-state index < -0.39 is 10.0 Å². The second kappa shape index (κ2) is 7.43. The third-order valence-electron chi connectivity index (χ3n) is 4.39. The molecule has 1 amide bonds. The molecular weight excluding hydrogens is 357 g/mol. The lowest BCUT2D eigenvalue weighted by Gasteiger charge is -2.35. The molecule has 2 aromatic carbocycles. The summed E-state index contributed by atoms with van der Waals surface area (Å²) in [5, 5.41) is 2.49. The van der Waals surface area contributed by atoms with Gasteiger partial charge < -0.3 is 10.2 Å². The van der Waals surface area contributed by atoms with Gasteiger partial charge >= 0.3 is 0 Å². The van der Waals surface area contributed by atoms with Crippen LogP contribution in [0, 0.1) is 5.82 Å². The van der Waals surface area contributed by atoms with Crippen molar-refractivity contribution in [2.45, 2.75) is 4.90 Å². The Morgan fingerprint density at radius 3 is 2.31 bits per heavy atom. The highest BCUT2D eigenvalue weighted by Crippen LogP contribution is 2.22. The summed E-state index contributed by atoms with van der Waals surface area (Å²) in [5.74, 6) is -0.630. The van der Waals surface area contributed by atoms with Gasteiger partial charge in [0.25, 0.3) is 5.91 Å². The summed E-state index contributed by atoms with van der Waals surface area (Å²) in [6.45, 7) is 1.67. The van der Waals surface area contributed by atoms with Gasteiger partial charge in [0.15, 0.2) is 0 Å². The maximum absolute atomic E-state index is 13.0. The molecule has 0 spiro atoms. The molecule has 8 heteroatoms. The zero-order chi connectivity index (χ0) is 18.7. The van der Waals surface area contributed by atoms with E-state index in [0.717, 1.165) is 5.69 Å². The first-order valence-electron chi connectivity index (χ1n) is 8.24. The van der Waals surface area contributed by atoms with E-state index in [9.17, 15) is 17.6 Å².